The minimum Gasteiger partial charge on any atom is -0.343 e. The quantitative estimate of drug-likeness (QED) is 0.819. The van der Waals surface area contributed by atoms with Crippen molar-refractivity contribution in [2.24, 2.45) is 7.05 Å². The third-order valence-electron chi connectivity index (χ3n) is 3.49. The van der Waals surface area contributed by atoms with Crippen LogP contribution < -0.4 is 5.32 Å². The molecule has 2 unspecified atom stereocenters. The highest BCUT2D eigenvalue weighted by Gasteiger charge is 2.39. The van der Waals surface area contributed by atoms with E-state index in [2.05, 4.69) is 15.4 Å². The molecule has 1 aromatic heterocycles. The third-order valence-corrected chi connectivity index (χ3v) is 3.49. The largest absolute Gasteiger partial charge is 0.343 e. The van der Waals surface area contributed by atoms with Crippen LogP contribution in [0, 0.1) is 0 Å². The van der Waals surface area contributed by atoms with E-state index in [1.165, 1.54) is 6.33 Å². The molecule has 1 fully saturated rings. The maximum Gasteiger partial charge on any atom is 0.246 e. The van der Waals surface area contributed by atoms with Crippen LogP contribution in [-0.4, -0.2) is 43.6 Å². The summed E-state index contributed by atoms with van der Waals surface area (Å²) in [6.45, 7) is 4.10. The van der Waals surface area contributed by atoms with Gasteiger partial charge in [-0.15, -0.1) is 0 Å². The SMILES string of the molecule is CCC1NC(=O)C(CC)N(Cc2ncnn2C)C1=O. The molecule has 0 radical (unpaired) electrons. The highest BCUT2D eigenvalue weighted by atomic mass is 16.2. The van der Waals surface area contributed by atoms with Gasteiger partial charge in [0.25, 0.3) is 0 Å². The van der Waals surface area contributed by atoms with E-state index in [0.717, 1.165) is 0 Å². The van der Waals surface area contributed by atoms with Crippen molar-refractivity contribution in [2.75, 3.05) is 0 Å². The normalized spacial score (nSPS) is 23.6. The van der Waals surface area contributed by atoms with Crippen molar-refractivity contribution in [3.8, 4) is 0 Å². The Morgan fingerprint density at radius 3 is 2.58 bits per heavy atom. The van der Waals surface area contributed by atoms with Gasteiger partial charge >= 0.3 is 0 Å². The van der Waals surface area contributed by atoms with Crippen molar-refractivity contribution < 1.29 is 9.59 Å². The molecule has 1 aliphatic rings. The number of nitrogens with one attached hydrogen (secondary N) is 1. The van der Waals surface area contributed by atoms with Gasteiger partial charge in [0.05, 0.1) is 6.54 Å². The maximum atomic E-state index is 12.4. The number of hydrogen-bond acceptors (Lipinski definition) is 4. The second kappa shape index (κ2) is 5.38. The Hall–Kier alpha value is -1.92. The molecule has 0 spiro atoms. The lowest BCUT2D eigenvalue weighted by atomic mass is 10.0. The second-order valence-corrected chi connectivity index (χ2v) is 4.66. The van der Waals surface area contributed by atoms with Crippen LogP contribution in [0.15, 0.2) is 6.33 Å². The van der Waals surface area contributed by atoms with Gasteiger partial charge in [0.1, 0.15) is 24.2 Å². The molecule has 1 saturated heterocycles. The molecule has 0 bridgehead atoms. The topological polar surface area (TPSA) is 80.1 Å². The number of piperazine rings is 1. The van der Waals surface area contributed by atoms with Crippen LogP contribution in [0.2, 0.25) is 0 Å². The summed E-state index contributed by atoms with van der Waals surface area (Å²) in [5, 5.41) is 6.75. The Balaban J connectivity index is 2.24. The molecule has 104 valence electrons. The van der Waals surface area contributed by atoms with Gasteiger partial charge in [-0.05, 0) is 12.8 Å². The average molecular weight is 265 g/mol. The average Bonchev–Trinajstić information content (AvgIpc) is 2.79. The molecule has 1 N–H and O–H groups in total. The van der Waals surface area contributed by atoms with Crippen molar-refractivity contribution >= 4 is 11.8 Å². The zero-order valence-corrected chi connectivity index (χ0v) is 11.5. The molecule has 7 nitrogen and oxygen atoms in total. The summed E-state index contributed by atoms with van der Waals surface area (Å²) in [5.74, 6) is 0.546. The fourth-order valence-corrected chi connectivity index (χ4v) is 2.31. The molecule has 0 aliphatic carbocycles. The van der Waals surface area contributed by atoms with Crippen LogP contribution in [0.1, 0.15) is 32.5 Å². The Labute approximate surface area is 112 Å². The minimum atomic E-state index is -0.427. The van der Waals surface area contributed by atoms with Crippen molar-refractivity contribution in [1.29, 1.82) is 0 Å². The van der Waals surface area contributed by atoms with Crippen LogP contribution >= 0.6 is 0 Å². The summed E-state index contributed by atoms with van der Waals surface area (Å²) in [4.78, 5) is 30.1. The van der Waals surface area contributed by atoms with E-state index in [9.17, 15) is 9.59 Å². The molecule has 0 aromatic carbocycles. The number of carbonyl (C=O) groups is 2. The van der Waals surface area contributed by atoms with E-state index in [1.54, 1.807) is 16.6 Å². The van der Waals surface area contributed by atoms with Crippen molar-refractivity contribution in [1.82, 2.24) is 25.0 Å². The predicted octanol–water partition coefficient (Wildman–Crippen LogP) is -0.169. The van der Waals surface area contributed by atoms with Crippen LogP contribution in [0.3, 0.4) is 0 Å². The maximum absolute atomic E-state index is 12.4. The lowest BCUT2D eigenvalue weighted by Gasteiger charge is -2.38. The Bertz CT molecular complexity index is 484. The van der Waals surface area contributed by atoms with E-state index in [0.29, 0.717) is 25.2 Å². The highest BCUT2D eigenvalue weighted by molar-refractivity contribution is 5.96. The Morgan fingerprint density at radius 1 is 1.32 bits per heavy atom. The Morgan fingerprint density at radius 2 is 2.05 bits per heavy atom. The van der Waals surface area contributed by atoms with Crippen LogP contribution in [0.4, 0.5) is 0 Å². The van der Waals surface area contributed by atoms with Crippen LogP contribution in [0.25, 0.3) is 0 Å². The molecule has 1 aromatic rings. The number of hydrogen-bond donors (Lipinski definition) is 1. The summed E-state index contributed by atoms with van der Waals surface area (Å²) in [6, 6.07) is -0.851. The fraction of sp³-hybridized carbons (Fsp3) is 0.667. The summed E-state index contributed by atoms with van der Waals surface area (Å²) < 4.78 is 1.62. The smallest absolute Gasteiger partial charge is 0.246 e. The first kappa shape index (κ1) is 13.5. The molecule has 7 heteroatoms. The number of nitrogens with zero attached hydrogens (tertiary/aromatic N) is 4. The van der Waals surface area contributed by atoms with Gasteiger partial charge < -0.3 is 10.2 Å². The van der Waals surface area contributed by atoms with Crippen molar-refractivity contribution in [2.45, 2.75) is 45.3 Å². The van der Waals surface area contributed by atoms with Crippen LogP contribution in [-0.2, 0) is 23.2 Å². The van der Waals surface area contributed by atoms with E-state index >= 15 is 0 Å². The van der Waals surface area contributed by atoms with Gasteiger partial charge in [0, 0.05) is 7.05 Å². The number of carbonyl (C=O) groups excluding carboxylic acids is 2. The first-order chi connectivity index (χ1) is 9.08. The van der Waals surface area contributed by atoms with Gasteiger partial charge in [0.15, 0.2) is 0 Å². The highest BCUT2D eigenvalue weighted by Crippen LogP contribution is 2.17. The van der Waals surface area contributed by atoms with E-state index in [1.807, 2.05) is 13.8 Å². The van der Waals surface area contributed by atoms with E-state index in [4.69, 9.17) is 0 Å². The molecule has 2 atom stereocenters. The number of amides is 2. The number of aryl methyl sites for hydroxylation is 1. The lowest BCUT2D eigenvalue weighted by molar-refractivity contribution is -0.150. The van der Waals surface area contributed by atoms with Crippen LogP contribution in [0.5, 0.6) is 0 Å². The molecular weight excluding hydrogens is 246 g/mol. The molecule has 2 rings (SSSR count). The van der Waals surface area contributed by atoms with Gasteiger partial charge in [0.2, 0.25) is 11.8 Å². The second-order valence-electron chi connectivity index (χ2n) is 4.66. The molecule has 19 heavy (non-hydrogen) atoms. The monoisotopic (exact) mass is 265 g/mol. The molecule has 2 heterocycles. The summed E-state index contributed by atoms with van der Waals surface area (Å²) in [7, 11) is 1.77. The van der Waals surface area contributed by atoms with E-state index < -0.39 is 12.1 Å². The van der Waals surface area contributed by atoms with Gasteiger partial charge in [-0.2, -0.15) is 5.10 Å². The minimum absolute atomic E-state index is 0.0445. The van der Waals surface area contributed by atoms with Crippen molar-refractivity contribution in [3.63, 3.8) is 0 Å². The first-order valence-corrected chi connectivity index (χ1v) is 6.52. The summed E-state index contributed by atoms with van der Waals surface area (Å²) >= 11 is 0. The summed E-state index contributed by atoms with van der Waals surface area (Å²) in [5.41, 5.74) is 0. The first-order valence-electron chi connectivity index (χ1n) is 6.52. The molecule has 1 aliphatic heterocycles. The fourth-order valence-electron chi connectivity index (χ4n) is 2.31. The van der Waals surface area contributed by atoms with Gasteiger partial charge in [-0.1, -0.05) is 13.8 Å². The van der Waals surface area contributed by atoms with E-state index in [-0.39, 0.29) is 11.8 Å². The number of aromatic nitrogens is 3. The summed E-state index contributed by atoms with van der Waals surface area (Å²) in [6.07, 6.45) is 2.63. The zero-order valence-electron chi connectivity index (χ0n) is 11.5. The lowest BCUT2D eigenvalue weighted by Crippen LogP contribution is -2.62. The Kier molecular flexibility index (Phi) is 3.82. The zero-order chi connectivity index (χ0) is 14.0. The standard InChI is InChI=1S/C12H19N5O2/c1-4-8-12(19)17(9(5-2)11(18)15-8)6-10-13-7-14-16(10)3/h7-9H,4-6H2,1-3H3,(H,15,18). The van der Waals surface area contributed by atoms with Gasteiger partial charge in [-0.3, -0.25) is 14.3 Å². The molecule has 2 amide bonds. The van der Waals surface area contributed by atoms with Crippen molar-refractivity contribution in [3.05, 3.63) is 12.2 Å². The predicted molar refractivity (Wildman–Crippen MR) is 67.9 cm³/mol. The van der Waals surface area contributed by atoms with Gasteiger partial charge in [-0.25, -0.2) is 4.98 Å². The third kappa shape index (κ3) is 2.45. The number of rotatable bonds is 4. The molecule has 0 saturated carbocycles. The molecular formula is C12H19N5O2.